The molecule has 3 amide bonds. The SMILES string of the molecule is O=C(N1CCCC1)N1CCCC2(CCN([C@H]3CC[C@H](O)CC3)C2=O)C1. The zero-order valence-electron chi connectivity index (χ0n) is 15.2. The molecule has 1 atom stereocenters. The number of carbonyl (C=O) groups excluding carboxylic acids is 2. The van der Waals surface area contributed by atoms with Crippen molar-refractivity contribution in [2.24, 2.45) is 5.41 Å². The van der Waals surface area contributed by atoms with E-state index in [-0.39, 0.29) is 23.5 Å². The first-order valence-corrected chi connectivity index (χ1v) is 10.1. The number of hydrogen-bond donors (Lipinski definition) is 1. The fourth-order valence-electron chi connectivity index (χ4n) is 5.35. The van der Waals surface area contributed by atoms with Gasteiger partial charge in [0.15, 0.2) is 0 Å². The predicted molar refractivity (Wildman–Crippen MR) is 94.0 cm³/mol. The molecule has 0 aromatic carbocycles. The lowest BCUT2D eigenvalue weighted by molar-refractivity contribution is -0.141. The summed E-state index contributed by atoms with van der Waals surface area (Å²) in [6.45, 7) is 3.96. The molecule has 1 saturated carbocycles. The summed E-state index contributed by atoms with van der Waals surface area (Å²) in [4.78, 5) is 32.0. The molecule has 1 unspecified atom stereocenters. The molecule has 1 spiro atoms. The highest BCUT2D eigenvalue weighted by molar-refractivity contribution is 5.86. The molecule has 6 nitrogen and oxygen atoms in total. The molecule has 140 valence electrons. The van der Waals surface area contributed by atoms with Crippen molar-refractivity contribution in [1.29, 1.82) is 0 Å². The fourth-order valence-corrected chi connectivity index (χ4v) is 5.35. The van der Waals surface area contributed by atoms with Gasteiger partial charge in [0, 0.05) is 38.8 Å². The Hall–Kier alpha value is -1.30. The van der Waals surface area contributed by atoms with Gasteiger partial charge in [0.1, 0.15) is 0 Å². The highest BCUT2D eigenvalue weighted by Gasteiger charge is 2.51. The minimum absolute atomic E-state index is 0.142. The molecule has 3 heterocycles. The second kappa shape index (κ2) is 6.78. The minimum Gasteiger partial charge on any atom is -0.393 e. The van der Waals surface area contributed by atoms with Crippen LogP contribution in [0.25, 0.3) is 0 Å². The molecular weight excluding hydrogens is 318 g/mol. The van der Waals surface area contributed by atoms with Gasteiger partial charge >= 0.3 is 6.03 Å². The highest BCUT2D eigenvalue weighted by Crippen LogP contribution is 2.42. The number of amides is 3. The fraction of sp³-hybridized carbons (Fsp3) is 0.895. The van der Waals surface area contributed by atoms with Gasteiger partial charge in [0.25, 0.3) is 0 Å². The van der Waals surface area contributed by atoms with Gasteiger partial charge in [-0.15, -0.1) is 0 Å². The van der Waals surface area contributed by atoms with E-state index in [0.29, 0.717) is 12.6 Å². The molecule has 1 aliphatic carbocycles. The average molecular weight is 349 g/mol. The Bertz CT molecular complexity index is 526. The first-order valence-electron chi connectivity index (χ1n) is 10.1. The van der Waals surface area contributed by atoms with Crippen LogP contribution in [0.3, 0.4) is 0 Å². The number of urea groups is 1. The van der Waals surface area contributed by atoms with E-state index in [1.54, 1.807) is 0 Å². The van der Waals surface area contributed by atoms with Crippen LogP contribution in [0, 0.1) is 5.41 Å². The quantitative estimate of drug-likeness (QED) is 0.785. The number of nitrogens with zero attached hydrogens (tertiary/aromatic N) is 3. The molecule has 25 heavy (non-hydrogen) atoms. The molecule has 3 saturated heterocycles. The molecule has 6 heteroatoms. The molecule has 4 aliphatic rings. The van der Waals surface area contributed by atoms with E-state index in [1.165, 1.54) is 0 Å². The summed E-state index contributed by atoms with van der Waals surface area (Å²) in [6.07, 6.45) is 8.20. The molecule has 0 bridgehead atoms. The molecule has 3 aliphatic heterocycles. The van der Waals surface area contributed by atoms with E-state index < -0.39 is 0 Å². The van der Waals surface area contributed by atoms with E-state index in [4.69, 9.17) is 0 Å². The van der Waals surface area contributed by atoms with Crippen molar-refractivity contribution in [2.75, 3.05) is 32.7 Å². The Labute approximate surface area is 150 Å². The van der Waals surface area contributed by atoms with E-state index in [2.05, 4.69) is 4.90 Å². The van der Waals surface area contributed by atoms with Crippen molar-refractivity contribution in [2.45, 2.75) is 69.9 Å². The summed E-state index contributed by atoms with van der Waals surface area (Å²) < 4.78 is 0. The van der Waals surface area contributed by atoms with Crippen molar-refractivity contribution < 1.29 is 14.7 Å². The number of aliphatic hydroxyl groups excluding tert-OH is 1. The maximum Gasteiger partial charge on any atom is 0.320 e. The maximum atomic E-state index is 13.3. The maximum absolute atomic E-state index is 13.3. The van der Waals surface area contributed by atoms with Crippen LogP contribution in [0.15, 0.2) is 0 Å². The summed E-state index contributed by atoms with van der Waals surface area (Å²) in [5.74, 6) is 0.271. The number of hydrogen-bond acceptors (Lipinski definition) is 3. The van der Waals surface area contributed by atoms with Crippen LogP contribution in [0.2, 0.25) is 0 Å². The topological polar surface area (TPSA) is 64.1 Å². The molecule has 1 N–H and O–H groups in total. The summed E-state index contributed by atoms with van der Waals surface area (Å²) >= 11 is 0. The number of carbonyl (C=O) groups is 2. The van der Waals surface area contributed by atoms with Crippen LogP contribution < -0.4 is 0 Å². The first kappa shape index (κ1) is 17.1. The molecule has 4 fully saturated rings. The van der Waals surface area contributed by atoms with Crippen LogP contribution in [-0.4, -0.2) is 76.6 Å². The van der Waals surface area contributed by atoms with Gasteiger partial charge < -0.3 is 19.8 Å². The Morgan fingerprint density at radius 1 is 0.920 bits per heavy atom. The number of rotatable bonds is 1. The van der Waals surface area contributed by atoms with Crippen LogP contribution in [0.4, 0.5) is 4.79 Å². The second-order valence-corrected chi connectivity index (χ2v) is 8.49. The molecular formula is C19H31N3O3. The molecule has 0 radical (unpaired) electrons. The lowest BCUT2D eigenvalue weighted by Crippen LogP contribution is -2.53. The van der Waals surface area contributed by atoms with Crippen LogP contribution in [0.1, 0.15) is 57.8 Å². The van der Waals surface area contributed by atoms with E-state index in [9.17, 15) is 14.7 Å². The third-order valence-corrected chi connectivity index (χ3v) is 6.88. The van der Waals surface area contributed by atoms with Gasteiger partial charge in [-0.2, -0.15) is 0 Å². The third kappa shape index (κ3) is 3.14. The summed E-state index contributed by atoms with van der Waals surface area (Å²) in [7, 11) is 0. The lowest BCUT2D eigenvalue weighted by atomic mass is 9.78. The average Bonchev–Trinajstić information content (AvgIpc) is 3.26. The third-order valence-electron chi connectivity index (χ3n) is 6.88. The largest absolute Gasteiger partial charge is 0.393 e. The predicted octanol–water partition coefficient (Wildman–Crippen LogP) is 1.82. The minimum atomic E-state index is -0.344. The van der Waals surface area contributed by atoms with E-state index in [0.717, 1.165) is 84.0 Å². The van der Waals surface area contributed by atoms with Crippen molar-refractivity contribution in [3.63, 3.8) is 0 Å². The van der Waals surface area contributed by atoms with Crippen molar-refractivity contribution in [1.82, 2.24) is 14.7 Å². The Balaban J connectivity index is 1.42. The number of likely N-dealkylation sites (tertiary alicyclic amines) is 3. The van der Waals surface area contributed by atoms with Gasteiger partial charge in [0.2, 0.25) is 5.91 Å². The van der Waals surface area contributed by atoms with Gasteiger partial charge in [-0.05, 0) is 57.8 Å². The standard InChI is InChI=1S/C19H31N3O3/c23-16-6-4-15(5-7-16)22-13-9-19(17(22)24)8-3-12-21(14-19)18(25)20-10-1-2-11-20/h15-16,23H,1-14H2/t15-,16-,19?. The van der Waals surface area contributed by atoms with Crippen LogP contribution >= 0.6 is 0 Å². The van der Waals surface area contributed by atoms with Gasteiger partial charge in [-0.1, -0.05) is 0 Å². The number of aliphatic hydroxyl groups is 1. The molecule has 0 aromatic heterocycles. The monoisotopic (exact) mass is 349 g/mol. The van der Waals surface area contributed by atoms with Gasteiger partial charge in [-0.3, -0.25) is 4.79 Å². The van der Waals surface area contributed by atoms with E-state index >= 15 is 0 Å². The lowest BCUT2D eigenvalue weighted by Gasteiger charge is -2.41. The summed E-state index contributed by atoms with van der Waals surface area (Å²) in [6, 6.07) is 0.434. The van der Waals surface area contributed by atoms with E-state index in [1.807, 2.05) is 9.80 Å². The zero-order valence-corrected chi connectivity index (χ0v) is 15.2. The van der Waals surface area contributed by atoms with Crippen LogP contribution in [0.5, 0.6) is 0 Å². The van der Waals surface area contributed by atoms with Crippen molar-refractivity contribution in [3.05, 3.63) is 0 Å². The Morgan fingerprint density at radius 2 is 1.60 bits per heavy atom. The number of piperidine rings is 1. The summed E-state index contributed by atoms with van der Waals surface area (Å²) in [5.41, 5.74) is -0.344. The van der Waals surface area contributed by atoms with Gasteiger partial charge in [-0.25, -0.2) is 4.79 Å². The van der Waals surface area contributed by atoms with Crippen LogP contribution in [-0.2, 0) is 4.79 Å². The normalized spacial score (nSPS) is 36.5. The molecule has 4 rings (SSSR count). The Morgan fingerprint density at radius 3 is 2.32 bits per heavy atom. The first-order chi connectivity index (χ1) is 12.1. The van der Waals surface area contributed by atoms with Gasteiger partial charge in [0.05, 0.1) is 11.5 Å². The molecule has 0 aromatic rings. The Kier molecular flexibility index (Phi) is 4.65. The second-order valence-electron chi connectivity index (χ2n) is 8.49. The zero-order chi connectivity index (χ0) is 17.4. The summed E-state index contributed by atoms with van der Waals surface area (Å²) in [5, 5.41) is 9.73. The van der Waals surface area contributed by atoms with Crippen molar-refractivity contribution in [3.8, 4) is 0 Å². The van der Waals surface area contributed by atoms with Crippen molar-refractivity contribution >= 4 is 11.9 Å². The highest BCUT2D eigenvalue weighted by atomic mass is 16.3. The smallest absolute Gasteiger partial charge is 0.320 e.